The number of amides is 3. The number of amidine groups is 1. The lowest BCUT2D eigenvalue weighted by molar-refractivity contribution is -0.137. The van der Waals surface area contributed by atoms with Crippen molar-refractivity contribution in [2.45, 2.75) is 76.2 Å². The molecule has 6 rings (SSSR count). The molecule has 3 aliphatic rings. The third-order valence-electron chi connectivity index (χ3n) is 10.6. The van der Waals surface area contributed by atoms with E-state index >= 15 is 0 Å². The molecule has 0 spiro atoms. The van der Waals surface area contributed by atoms with Gasteiger partial charge in [0.15, 0.2) is 0 Å². The highest BCUT2D eigenvalue weighted by Gasteiger charge is 2.37. The molecule has 48 heavy (non-hydrogen) atoms. The quantitative estimate of drug-likeness (QED) is 0.106. The Morgan fingerprint density at radius 2 is 1.81 bits per heavy atom. The molecule has 1 unspecified atom stereocenters. The van der Waals surface area contributed by atoms with Crippen LogP contribution in [0.3, 0.4) is 0 Å². The highest BCUT2D eigenvalue weighted by Crippen LogP contribution is 2.50. The zero-order valence-corrected chi connectivity index (χ0v) is 28.5. The summed E-state index contributed by atoms with van der Waals surface area (Å²) >= 11 is 1.42. The molecule has 2 saturated carbocycles. The van der Waals surface area contributed by atoms with Crippen LogP contribution < -0.4 is 21.1 Å². The fourth-order valence-corrected chi connectivity index (χ4v) is 8.36. The van der Waals surface area contributed by atoms with Crippen molar-refractivity contribution in [3.63, 3.8) is 0 Å². The van der Waals surface area contributed by atoms with E-state index in [1.165, 1.54) is 43.3 Å². The second-order valence-electron chi connectivity index (χ2n) is 13.7. The van der Waals surface area contributed by atoms with Crippen molar-refractivity contribution >= 4 is 42.7 Å². The molecule has 252 valence electrons. The Hall–Kier alpha value is -4.12. The normalized spacial score (nSPS) is 21.1. The predicted molar refractivity (Wildman–Crippen MR) is 191 cm³/mol. The van der Waals surface area contributed by atoms with Crippen molar-refractivity contribution < 1.29 is 19.1 Å². The van der Waals surface area contributed by atoms with Crippen molar-refractivity contribution in [1.82, 2.24) is 15.5 Å². The first kappa shape index (κ1) is 33.8. The maximum absolute atomic E-state index is 13.4. The summed E-state index contributed by atoms with van der Waals surface area (Å²) in [5.74, 6) is 3.46. The number of nitrogens with one attached hydrogen (secondary N) is 3. The second-order valence-corrected chi connectivity index (χ2v) is 14.7. The number of nitrogens with zero attached hydrogens (tertiary/aromatic N) is 1. The molecule has 3 aromatic rings. The number of carbonyl (C=O) groups excluding carboxylic acids is 3. The minimum absolute atomic E-state index is 0.0117. The Morgan fingerprint density at radius 1 is 1.02 bits per heavy atom. The van der Waals surface area contributed by atoms with Gasteiger partial charge in [0.1, 0.15) is 31.2 Å². The van der Waals surface area contributed by atoms with Crippen LogP contribution in [0.15, 0.2) is 60.0 Å². The van der Waals surface area contributed by atoms with Crippen molar-refractivity contribution in [1.29, 1.82) is 5.41 Å². The first-order valence-electron chi connectivity index (χ1n) is 17.4. The summed E-state index contributed by atoms with van der Waals surface area (Å²) in [5.41, 5.74) is 7.72. The van der Waals surface area contributed by atoms with E-state index in [4.69, 9.17) is 15.9 Å². The molecule has 0 bridgehead atoms. The number of benzene rings is 2. The predicted octanol–water partition coefficient (Wildman–Crippen LogP) is 5.21. The van der Waals surface area contributed by atoms with Gasteiger partial charge in [0.05, 0.1) is 13.1 Å². The van der Waals surface area contributed by atoms with Gasteiger partial charge in [-0.2, -0.15) is 0 Å². The van der Waals surface area contributed by atoms with Crippen LogP contribution in [-0.2, 0) is 16.1 Å². The Kier molecular flexibility index (Phi) is 10.8. The minimum atomic E-state index is -0.578. The van der Waals surface area contributed by atoms with Gasteiger partial charge < -0.3 is 26.0 Å². The number of ether oxygens (including phenoxy) is 1. The standard InChI is InChI=1S/C37H46BN5O4S/c38-19-27(24-6-4-7-24)16-23-14-26(15-23)31-18-25(11-12-33(31)47-29-8-2-1-3-9-29)36(45)42-21-34(44)43-13-5-10-32(43)37(46)41-20-30-17-28(22-48-30)35(39)40/h1-3,8-9,11-12,17-18,22-24,26-27,32H,4-7,10,13-16,19-21,38H2,(H3,39,40)(H,41,46)(H,42,45)/t23?,26?,27?,32-/m0/s1. The summed E-state index contributed by atoms with van der Waals surface area (Å²) in [6, 6.07) is 16.5. The summed E-state index contributed by atoms with van der Waals surface area (Å²) in [4.78, 5) is 42.1. The molecule has 9 nitrogen and oxygen atoms in total. The van der Waals surface area contributed by atoms with Gasteiger partial charge in [-0.05, 0) is 97.7 Å². The van der Waals surface area contributed by atoms with E-state index in [9.17, 15) is 14.4 Å². The number of nitrogen functional groups attached to an aromatic ring is 1. The van der Waals surface area contributed by atoms with Crippen LogP contribution in [-0.4, -0.2) is 55.4 Å². The number of carbonyl (C=O) groups is 3. The molecule has 2 aliphatic carbocycles. The molecule has 2 aromatic carbocycles. The van der Waals surface area contributed by atoms with Crippen LogP contribution in [0.5, 0.6) is 11.5 Å². The summed E-state index contributed by atoms with van der Waals surface area (Å²) in [7, 11) is 2.33. The van der Waals surface area contributed by atoms with Crippen LogP contribution in [0.4, 0.5) is 0 Å². The second kappa shape index (κ2) is 15.4. The van der Waals surface area contributed by atoms with Gasteiger partial charge in [-0.25, -0.2) is 0 Å². The molecular weight excluding hydrogens is 621 g/mol. The van der Waals surface area contributed by atoms with E-state index in [0.717, 1.165) is 53.0 Å². The fraction of sp³-hybridized carbons (Fsp3) is 0.459. The monoisotopic (exact) mass is 667 g/mol. The average Bonchev–Trinajstić information content (AvgIpc) is 3.74. The number of thiophene rings is 1. The number of likely N-dealkylation sites (tertiary alicyclic amines) is 1. The largest absolute Gasteiger partial charge is 0.457 e. The van der Waals surface area contributed by atoms with E-state index in [1.54, 1.807) is 22.4 Å². The van der Waals surface area contributed by atoms with Crippen LogP contribution in [0.25, 0.3) is 0 Å². The first-order chi connectivity index (χ1) is 23.3. The first-order valence-corrected chi connectivity index (χ1v) is 18.3. The number of nitrogens with two attached hydrogens (primary N) is 1. The molecule has 1 aromatic heterocycles. The SMILES string of the molecule is BCC(CC1CC(c2cc(C(=O)NCC(=O)N3CCC[C@H]3C(=O)NCc3cc(C(=N)N)cs3)ccc2Oc2ccccc2)C1)C1CCC1. The molecule has 3 fully saturated rings. The Morgan fingerprint density at radius 3 is 2.50 bits per heavy atom. The van der Waals surface area contributed by atoms with E-state index in [1.807, 2.05) is 42.5 Å². The third kappa shape index (κ3) is 7.94. The smallest absolute Gasteiger partial charge is 0.251 e. The molecule has 11 heteroatoms. The van der Waals surface area contributed by atoms with Crippen LogP contribution >= 0.6 is 11.3 Å². The topological polar surface area (TPSA) is 138 Å². The summed E-state index contributed by atoms with van der Waals surface area (Å²) in [6.45, 7) is 0.594. The van der Waals surface area contributed by atoms with Gasteiger partial charge in [-0.3, -0.25) is 19.8 Å². The van der Waals surface area contributed by atoms with E-state index in [-0.39, 0.29) is 30.1 Å². The van der Waals surface area contributed by atoms with Crippen molar-refractivity contribution in [3.8, 4) is 11.5 Å². The molecule has 2 heterocycles. The summed E-state index contributed by atoms with van der Waals surface area (Å²) in [5, 5.41) is 15.1. The van der Waals surface area contributed by atoms with E-state index in [0.29, 0.717) is 42.5 Å². The van der Waals surface area contributed by atoms with Crippen LogP contribution in [0.1, 0.15) is 83.6 Å². The molecule has 1 aliphatic heterocycles. The summed E-state index contributed by atoms with van der Waals surface area (Å²) < 4.78 is 6.32. The molecule has 3 amide bonds. The molecule has 5 N–H and O–H groups in total. The Labute approximate surface area is 287 Å². The van der Waals surface area contributed by atoms with E-state index < -0.39 is 6.04 Å². The number of hydrogen-bond donors (Lipinski definition) is 4. The Balaban J connectivity index is 1.06. The maximum Gasteiger partial charge on any atom is 0.251 e. The lowest BCUT2D eigenvalue weighted by Gasteiger charge is -2.42. The van der Waals surface area contributed by atoms with Gasteiger partial charge in [0.2, 0.25) is 11.8 Å². The molecule has 2 atom stereocenters. The molecule has 1 saturated heterocycles. The third-order valence-corrected chi connectivity index (χ3v) is 11.5. The van der Waals surface area contributed by atoms with E-state index in [2.05, 4.69) is 18.5 Å². The molecular formula is C37H46BN5O4S. The van der Waals surface area contributed by atoms with Gasteiger partial charge in [-0.1, -0.05) is 43.8 Å². The zero-order chi connectivity index (χ0) is 33.6. The van der Waals surface area contributed by atoms with Gasteiger partial charge in [0, 0.05) is 27.9 Å². The minimum Gasteiger partial charge on any atom is -0.457 e. The van der Waals surface area contributed by atoms with Gasteiger partial charge in [0.25, 0.3) is 5.91 Å². The number of para-hydroxylation sites is 1. The maximum atomic E-state index is 13.4. The zero-order valence-electron chi connectivity index (χ0n) is 27.7. The van der Waals surface area contributed by atoms with Gasteiger partial charge >= 0.3 is 0 Å². The highest BCUT2D eigenvalue weighted by atomic mass is 32.1. The summed E-state index contributed by atoms with van der Waals surface area (Å²) in [6.07, 6.45) is 10.2. The number of hydrogen-bond acceptors (Lipinski definition) is 6. The van der Waals surface area contributed by atoms with Crippen LogP contribution in [0, 0.1) is 23.2 Å². The molecule has 0 radical (unpaired) electrons. The number of rotatable bonds is 14. The van der Waals surface area contributed by atoms with Crippen molar-refractivity contribution in [2.24, 2.45) is 23.5 Å². The average molecular weight is 668 g/mol. The highest BCUT2D eigenvalue weighted by molar-refractivity contribution is 7.10. The fourth-order valence-electron chi connectivity index (χ4n) is 7.54. The Bertz CT molecular complexity index is 1620. The van der Waals surface area contributed by atoms with Crippen molar-refractivity contribution in [3.05, 3.63) is 81.5 Å². The van der Waals surface area contributed by atoms with Gasteiger partial charge in [-0.15, -0.1) is 11.3 Å². The van der Waals surface area contributed by atoms with Crippen molar-refractivity contribution in [2.75, 3.05) is 13.1 Å². The van der Waals surface area contributed by atoms with Crippen LogP contribution in [0.2, 0.25) is 6.32 Å². The lowest BCUT2D eigenvalue weighted by atomic mass is 9.62. The lowest BCUT2D eigenvalue weighted by Crippen LogP contribution is -2.48.